The van der Waals surface area contributed by atoms with E-state index in [2.05, 4.69) is 0 Å². The number of aromatic hydroxyl groups is 1. The van der Waals surface area contributed by atoms with E-state index in [1.165, 1.54) is 25.3 Å². The zero-order valence-electron chi connectivity index (χ0n) is 29.0. The Hall–Kier alpha value is -7.11. The number of phenols is 1. The van der Waals surface area contributed by atoms with Crippen molar-refractivity contribution in [1.29, 1.82) is 0 Å². The summed E-state index contributed by atoms with van der Waals surface area (Å²) in [6.45, 7) is -1.87. The van der Waals surface area contributed by atoms with Crippen molar-refractivity contribution in [3.8, 4) is 45.4 Å². The lowest BCUT2D eigenvalue weighted by Crippen LogP contribution is -2.35. The molecule has 1 aliphatic carbocycles. The summed E-state index contributed by atoms with van der Waals surface area (Å²) >= 11 is 0. The zero-order chi connectivity index (χ0) is 40.1. The number of aliphatic carboxylic acids is 4. The Balaban J connectivity index is 1.64. The van der Waals surface area contributed by atoms with E-state index in [-0.39, 0.29) is 75.3 Å². The Morgan fingerprint density at radius 3 is 1.82 bits per heavy atom. The van der Waals surface area contributed by atoms with Gasteiger partial charge in [-0.3, -0.25) is 24.0 Å². The number of fused-ring (bicyclic) bond motifs is 2. The minimum absolute atomic E-state index is 0.0200. The normalized spacial score (nSPS) is 11.0. The number of rotatable bonds is 17. The summed E-state index contributed by atoms with van der Waals surface area (Å²) in [6, 6.07) is 10.8. The highest BCUT2D eigenvalue weighted by molar-refractivity contribution is 6.04. The SMILES string of the molecule is COc1cc(N(CC(=O)O)CC(=O)O)c(OCCOc2cc(C)ccc2N(CC(=O)O)CC(=O)O)cc1-c1c2cc(F)c(=O)cc-2oc2cc(O)c(F)cc12. The molecule has 288 valence electrons. The molecular weight excluding hydrogens is 734 g/mol. The largest absolute Gasteiger partial charge is 0.505 e. The highest BCUT2D eigenvalue weighted by atomic mass is 19.1. The molecule has 5 N–H and O–H groups in total. The summed E-state index contributed by atoms with van der Waals surface area (Å²) in [5.74, 6) is -8.72. The number of ether oxygens (including phenoxy) is 3. The van der Waals surface area contributed by atoms with Crippen molar-refractivity contribution in [2.24, 2.45) is 0 Å². The van der Waals surface area contributed by atoms with E-state index < -0.39 is 72.9 Å². The second-order valence-electron chi connectivity index (χ2n) is 12.0. The van der Waals surface area contributed by atoms with E-state index in [1.807, 2.05) is 0 Å². The summed E-state index contributed by atoms with van der Waals surface area (Å²) in [4.78, 5) is 61.1. The number of hydrogen-bond donors (Lipinski definition) is 5. The molecule has 16 nitrogen and oxygen atoms in total. The number of carbonyl (C=O) groups is 4. The van der Waals surface area contributed by atoms with E-state index in [9.17, 15) is 58.3 Å². The first-order chi connectivity index (χ1) is 26.1. The molecule has 3 aromatic carbocycles. The molecule has 1 heterocycles. The third kappa shape index (κ3) is 8.93. The summed E-state index contributed by atoms with van der Waals surface area (Å²) in [5.41, 5.74) is -0.362. The fourth-order valence-electron chi connectivity index (χ4n) is 5.87. The maximum absolute atomic E-state index is 14.9. The van der Waals surface area contributed by atoms with Gasteiger partial charge in [-0.15, -0.1) is 0 Å². The van der Waals surface area contributed by atoms with Gasteiger partial charge < -0.3 is 54.0 Å². The maximum Gasteiger partial charge on any atom is 0.323 e. The van der Waals surface area contributed by atoms with Crippen molar-refractivity contribution < 1.29 is 72.1 Å². The second-order valence-corrected chi connectivity index (χ2v) is 12.0. The molecule has 0 radical (unpaired) electrons. The number of carboxylic acids is 4. The Kier molecular flexibility index (Phi) is 11.6. The topological polar surface area (TPSA) is 234 Å². The molecule has 0 amide bonds. The van der Waals surface area contributed by atoms with E-state index >= 15 is 0 Å². The minimum atomic E-state index is -1.40. The fourth-order valence-corrected chi connectivity index (χ4v) is 5.87. The summed E-state index contributed by atoms with van der Waals surface area (Å²) in [5, 5.41) is 48.2. The average Bonchev–Trinajstić information content (AvgIpc) is 3.09. The molecule has 0 aromatic heterocycles. The monoisotopic (exact) mass is 766 g/mol. The van der Waals surface area contributed by atoms with Crippen LogP contribution in [0, 0.1) is 18.6 Å². The third-order valence-electron chi connectivity index (χ3n) is 8.09. The third-order valence-corrected chi connectivity index (χ3v) is 8.09. The van der Waals surface area contributed by atoms with Gasteiger partial charge in [-0.05, 0) is 42.8 Å². The van der Waals surface area contributed by atoms with Crippen LogP contribution in [-0.4, -0.2) is 95.9 Å². The van der Waals surface area contributed by atoms with Crippen LogP contribution in [0.2, 0.25) is 0 Å². The number of methoxy groups -OCH3 is 1. The molecule has 2 aliphatic rings. The molecule has 3 aromatic rings. The van der Waals surface area contributed by atoms with Gasteiger partial charge in [0.1, 0.15) is 68.0 Å². The highest BCUT2D eigenvalue weighted by Gasteiger charge is 2.27. The molecule has 0 saturated heterocycles. The number of aryl methyl sites for hydroxylation is 1. The van der Waals surface area contributed by atoms with Crippen molar-refractivity contribution >= 4 is 46.2 Å². The van der Waals surface area contributed by atoms with Gasteiger partial charge in [0.05, 0.1) is 18.5 Å². The van der Waals surface area contributed by atoms with Gasteiger partial charge in [0.15, 0.2) is 17.4 Å². The van der Waals surface area contributed by atoms with Crippen molar-refractivity contribution in [3.63, 3.8) is 0 Å². The number of halogens is 2. The first-order valence-corrected chi connectivity index (χ1v) is 16.1. The van der Waals surface area contributed by atoms with Crippen molar-refractivity contribution in [3.05, 3.63) is 82.0 Å². The number of anilines is 2. The lowest BCUT2D eigenvalue weighted by atomic mass is 9.92. The summed E-state index contributed by atoms with van der Waals surface area (Å²) in [7, 11) is 1.23. The Morgan fingerprint density at radius 2 is 1.25 bits per heavy atom. The number of phenolic OH excluding ortho intramolecular Hbond substituents is 1. The lowest BCUT2D eigenvalue weighted by Gasteiger charge is -2.26. The number of benzene rings is 4. The Labute approximate surface area is 308 Å². The quantitative estimate of drug-likeness (QED) is 0.0656. The van der Waals surface area contributed by atoms with E-state index in [0.717, 1.165) is 34.1 Å². The van der Waals surface area contributed by atoms with Crippen molar-refractivity contribution in [2.45, 2.75) is 6.92 Å². The summed E-state index contributed by atoms with van der Waals surface area (Å²) < 4.78 is 53.0. The van der Waals surface area contributed by atoms with Crippen LogP contribution in [-0.2, 0) is 19.2 Å². The van der Waals surface area contributed by atoms with E-state index in [1.54, 1.807) is 19.1 Å². The molecule has 0 bridgehead atoms. The van der Waals surface area contributed by atoms with Crippen molar-refractivity contribution in [1.82, 2.24) is 0 Å². The van der Waals surface area contributed by atoms with Gasteiger partial charge in [-0.25, -0.2) is 8.78 Å². The van der Waals surface area contributed by atoms with Gasteiger partial charge in [-0.1, -0.05) is 6.07 Å². The minimum Gasteiger partial charge on any atom is -0.505 e. The van der Waals surface area contributed by atoms with Crippen LogP contribution >= 0.6 is 0 Å². The molecule has 55 heavy (non-hydrogen) atoms. The molecule has 0 saturated carbocycles. The molecule has 0 unspecified atom stereocenters. The predicted molar refractivity (Wildman–Crippen MR) is 190 cm³/mol. The number of hydrogen-bond acceptors (Lipinski definition) is 12. The number of carboxylic acid groups (broad SMARTS) is 4. The van der Waals surface area contributed by atoms with Gasteiger partial charge in [0.25, 0.3) is 0 Å². The van der Waals surface area contributed by atoms with Crippen LogP contribution in [0.15, 0.2) is 63.8 Å². The van der Waals surface area contributed by atoms with Gasteiger partial charge in [-0.2, -0.15) is 0 Å². The second kappa shape index (κ2) is 16.3. The smallest absolute Gasteiger partial charge is 0.323 e. The van der Waals surface area contributed by atoms with Crippen LogP contribution in [0.4, 0.5) is 20.2 Å². The van der Waals surface area contributed by atoms with Crippen LogP contribution in [0.3, 0.4) is 0 Å². The van der Waals surface area contributed by atoms with Gasteiger partial charge in [0.2, 0.25) is 5.43 Å². The Morgan fingerprint density at radius 1 is 0.691 bits per heavy atom. The predicted octanol–water partition coefficient (Wildman–Crippen LogP) is 4.27. The van der Waals surface area contributed by atoms with Crippen LogP contribution in [0.1, 0.15) is 5.56 Å². The highest BCUT2D eigenvalue weighted by Crippen LogP contribution is 2.48. The molecule has 5 rings (SSSR count). The molecule has 1 aliphatic heterocycles. The van der Waals surface area contributed by atoms with Crippen molar-refractivity contribution in [2.75, 3.05) is 56.3 Å². The summed E-state index contributed by atoms with van der Waals surface area (Å²) in [6.07, 6.45) is 0. The molecule has 0 atom stereocenters. The molecule has 0 fully saturated rings. The molecular formula is C37H32F2N2O14. The zero-order valence-corrected chi connectivity index (χ0v) is 29.0. The Bertz CT molecular complexity index is 2310. The molecule has 18 heteroatoms. The average molecular weight is 767 g/mol. The number of nitrogens with zero attached hydrogens (tertiary/aromatic N) is 2. The lowest BCUT2D eigenvalue weighted by molar-refractivity contribution is -0.138. The van der Waals surface area contributed by atoms with Crippen LogP contribution < -0.4 is 29.4 Å². The van der Waals surface area contributed by atoms with E-state index in [0.29, 0.717) is 5.56 Å². The fraction of sp³-hybridized carbons (Fsp3) is 0.216. The maximum atomic E-state index is 14.9. The van der Waals surface area contributed by atoms with Crippen LogP contribution in [0.25, 0.3) is 33.4 Å². The van der Waals surface area contributed by atoms with E-state index in [4.69, 9.17) is 18.6 Å². The first-order valence-electron chi connectivity index (χ1n) is 16.1. The van der Waals surface area contributed by atoms with Gasteiger partial charge >= 0.3 is 23.9 Å². The first kappa shape index (κ1) is 39.1. The standard InChI is InChI=1S/C37H32F2N2O14/c1-18-3-4-24(40(14-33(44)45)15-34(46)47)31(7-18)53-5-6-54-32-10-21(28(52-2)11-25(32)41(16-35(48)49)17-36(50)51)37-19-8-22(38)26(42)12-29(19)55-30-13-27(43)23(39)9-20(30)37/h3-4,7-13,42H,5-6,14-17H2,1-2H3,(H,44,45)(H,46,47)(H,48,49)(H,50,51). The molecule has 0 spiro atoms. The van der Waals surface area contributed by atoms with Crippen LogP contribution in [0.5, 0.6) is 23.0 Å². The van der Waals surface area contributed by atoms with Gasteiger partial charge in [0, 0.05) is 40.3 Å².